The Morgan fingerprint density at radius 1 is 0.739 bits per heavy atom. The number of unbranched alkanes of at least 4 members (excludes halogenated alkanes) is 4. The summed E-state index contributed by atoms with van der Waals surface area (Å²) in [5, 5.41) is 1.26. The number of ether oxygens (including phenoxy) is 8. The third-order valence-electron chi connectivity index (χ3n) is 14.0. The van der Waals surface area contributed by atoms with Crippen LogP contribution in [0.5, 0.6) is 23.0 Å². The maximum atomic E-state index is 15.7. The van der Waals surface area contributed by atoms with Crippen LogP contribution in [0.4, 0.5) is 8.78 Å². The highest BCUT2D eigenvalue weighted by Gasteiger charge is 2.43. The topological polar surface area (TPSA) is 111 Å². The smallest absolute Gasteiger partial charge is 0.343 e. The molecule has 5 aromatic rings. The first-order valence-electron chi connectivity index (χ1n) is 24.9. The Bertz CT molecular complexity index is 2480. The Morgan fingerprint density at radius 2 is 1.48 bits per heavy atom. The molecule has 3 fully saturated rings. The number of halogens is 2. The molecule has 0 aromatic heterocycles. The number of esters is 1. The van der Waals surface area contributed by atoms with Crippen LogP contribution in [0, 0.1) is 23.0 Å². The van der Waals surface area contributed by atoms with E-state index in [9.17, 15) is 9.59 Å². The first-order chi connectivity index (χ1) is 33.8. The van der Waals surface area contributed by atoms with Crippen LogP contribution in [-0.2, 0) is 31.8 Å². The van der Waals surface area contributed by atoms with E-state index in [0.29, 0.717) is 72.9 Å². The minimum atomic E-state index is -0.931. The number of rotatable bonds is 28. The standard InChI is InChI=1S/C57H66F2O10/c1-3-57(37-65-38-57)36-64-28-8-4-5-9-30-67-49-25-20-43(34-51(49)62-2)56(61)69-55-44(35-60)33-42(46-12-6-7-13-48(46)55)16-15-41-19-23-47(54(59)53(41)58)40-17-21-45(22-18-40)66-29-11-10-27-63-31-26-39-14-24-50-52(32-39)68-50/h6-7,12-13,17-23,25,33-35,39,50,52H,3-5,8-11,14-16,24,26-32,36-38H2,1-2H3. The van der Waals surface area contributed by atoms with Gasteiger partial charge in [-0.2, -0.15) is 0 Å². The Kier molecular flexibility index (Phi) is 17.7. The van der Waals surface area contributed by atoms with Crippen molar-refractivity contribution in [1.29, 1.82) is 0 Å². The molecule has 0 spiro atoms. The lowest BCUT2D eigenvalue weighted by Crippen LogP contribution is -2.45. The lowest BCUT2D eigenvalue weighted by atomic mass is 9.84. The van der Waals surface area contributed by atoms with Crippen molar-refractivity contribution in [2.24, 2.45) is 11.3 Å². The zero-order valence-electron chi connectivity index (χ0n) is 40.1. The highest BCUT2D eigenvalue weighted by Crippen LogP contribution is 2.41. The molecule has 2 aliphatic heterocycles. The van der Waals surface area contributed by atoms with Crippen LogP contribution in [0.3, 0.4) is 0 Å². The number of epoxide rings is 1. The molecular weight excluding hydrogens is 883 g/mol. The van der Waals surface area contributed by atoms with Gasteiger partial charge in [-0.3, -0.25) is 4.79 Å². The minimum absolute atomic E-state index is 0.108. The molecule has 2 saturated heterocycles. The van der Waals surface area contributed by atoms with Crippen molar-refractivity contribution in [1.82, 2.24) is 0 Å². The fourth-order valence-electron chi connectivity index (χ4n) is 9.43. The van der Waals surface area contributed by atoms with Gasteiger partial charge in [-0.25, -0.2) is 13.6 Å². The van der Waals surface area contributed by atoms with Crippen molar-refractivity contribution >= 4 is 23.0 Å². The molecule has 3 atom stereocenters. The summed E-state index contributed by atoms with van der Waals surface area (Å²) in [5.41, 5.74) is 2.20. The van der Waals surface area contributed by atoms with Gasteiger partial charge in [0.15, 0.2) is 29.4 Å². The molecule has 368 valence electrons. The predicted molar refractivity (Wildman–Crippen MR) is 261 cm³/mol. The molecule has 0 N–H and O–H groups in total. The third-order valence-corrected chi connectivity index (χ3v) is 14.0. The highest BCUT2D eigenvalue weighted by molar-refractivity contribution is 6.02. The lowest BCUT2D eigenvalue weighted by Gasteiger charge is -2.40. The van der Waals surface area contributed by atoms with Gasteiger partial charge in [0.05, 0.1) is 63.5 Å². The van der Waals surface area contributed by atoms with E-state index in [1.807, 2.05) is 12.1 Å². The van der Waals surface area contributed by atoms with Gasteiger partial charge in [0.1, 0.15) is 11.5 Å². The minimum Gasteiger partial charge on any atom is -0.494 e. The first-order valence-corrected chi connectivity index (χ1v) is 24.9. The van der Waals surface area contributed by atoms with Gasteiger partial charge in [-0.15, -0.1) is 0 Å². The first kappa shape index (κ1) is 50.0. The number of aryl methyl sites for hydroxylation is 2. The van der Waals surface area contributed by atoms with Crippen LogP contribution < -0.4 is 18.9 Å². The van der Waals surface area contributed by atoms with Gasteiger partial charge in [0.2, 0.25) is 0 Å². The average molecular weight is 949 g/mol. The van der Waals surface area contributed by atoms with E-state index < -0.39 is 17.6 Å². The number of aldehydes is 1. The summed E-state index contributed by atoms with van der Waals surface area (Å²) in [6, 6.07) is 23.9. The number of carbonyl (C=O) groups is 2. The molecular formula is C57H66F2O10. The van der Waals surface area contributed by atoms with E-state index >= 15 is 8.78 Å². The Labute approximate surface area is 404 Å². The molecule has 0 bridgehead atoms. The van der Waals surface area contributed by atoms with E-state index in [-0.39, 0.29) is 39.8 Å². The van der Waals surface area contributed by atoms with Crippen LogP contribution in [0.2, 0.25) is 0 Å². The Hall–Kier alpha value is -5.40. The Balaban J connectivity index is 0.802. The molecule has 1 aliphatic carbocycles. The number of benzene rings is 5. The highest BCUT2D eigenvalue weighted by atomic mass is 19.2. The van der Waals surface area contributed by atoms with E-state index in [4.69, 9.17) is 37.9 Å². The van der Waals surface area contributed by atoms with E-state index in [1.54, 1.807) is 72.8 Å². The fourth-order valence-corrected chi connectivity index (χ4v) is 9.43. The molecule has 0 amide bonds. The number of methoxy groups -OCH3 is 1. The van der Waals surface area contributed by atoms with E-state index in [2.05, 4.69) is 6.92 Å². The zero-order chi connectivity index (χ0) is 48.0. The van der Waals surface area contributed by atoms with Crippen LogP contribution in [-0.4, -0.2) is 84.4 Å². The van der Waals surface area contributed by atoms with Crippen LogP contribution in [0.1, 0.15) is 109 Å². The molecule has 5 aromatic carbocycles. The normalized spacial score (nSPS) is 18.0. The van der Waals surface area contributed by atoms with Gasteiger partial charge >= 0.3 is 5.97 Å². The fraction of sp³-hybridized carbons (Fsp3) is 0.474. The SMILES string of the molecule is CCC1(COCCCCCCOc2ccc(C(=O)Oc3c(C=O)cc(CCc4ccc(-c5ccc(OCCCCOCCC6CCC7OC7C6)cc5)c(F)c4F)c4ccccc34)cc2OC)COC1. The number of carbonyl (C=O) groups excluding carboxylic acids is 2. The van der Waals surface area contributed by atoms with Crippen molar-refractivity contribution in [3.63, 3.8) is 0 Å². The van der Waals surface area contributed by atoms with Crippen molar-refractivity contribution in [3.8, 4) is 34.1 Å². The van der Waals surface area contributed by atoms with Crippen molar-refractivity contribution in [3.05, 3.63) is 119 Å². The maximum Gasteiger partial charge on any atom is 0.343 e. The van der Waals surface area contributed by atoms with E-state index in [1.165, 1.54) is 26.4 Å². The largest absolute Gasteiger partial charge is 0.494 e. The Morgan fingerprint density at radius 3 is 2.23 bits per heavy atom. The van der Waals surface area contributed by atoms with Crippen molar-refractivity contribution in [2.75, 3.05) is 60.0 Å². The molecule has 12 heteroatoms. The molecule has 2 heterocycles. The van der Waals surface area contributed by atoms with Crippen LogP contribution in [0.25, 0.3) is 21.9 Å². The summed E-state index contributed by atoms with van der Waals surface area (Å²) < 4.78 is 77.5. The molecule has 0 radical (unpaired) electrons. The van der Waals surface area contributed by atoms with Crippen LogP contribution in [0.15, 0.2) is 84.9 Å². The molecule has 8 rings (SSSR count). The van der Waals surface area contributed by atoms with Crippen molar-refractivity contribution < 1.29 is 56.3 Å². The summed E-state index contributed by atoms with van der Waals surface area (Å²) in [5.74, 6) is -0.152. The number of hydrogen-bond acceptors (Lipinski definition) is 10. The number of fused-ring (bicyclic) bond motifs is 2. The summed E-state index contributed by atoms with van der Waals surface area (Å²) in [7, 11) is 1.51. The second kappa shape index (κ2) is 24.4. The van der Waals surface area contributed by atoms with Gasteiger partial charge in [-0.05, 0) is 141 Å². The van der Waals surface area contributed by atoms with Crippen molar-refractivity contribution in [2.45, 2.75) is 103 Å². The van der Waals surface area contributed by atoms with E-state index in [0.717, 1.165) is 101 Å². The summed E-state index contributed by atoms with van der Waals surface area (Å²) in [6.45, 7) is 7.79. The average Bonchev–Trinajstić information content (AvgIpc) is 4.15. The summed E-state index contributed by atoms with van der Waals surface area (Å²) in [6.07, 6.45) is 13.6. The third kappa shape index (κ3) is 13.1. The molecule has 3 unspecified atom stereocenters. The predicted octanol–water partition coefficient (Wildman–Crippen LogP) is 12.1. The van der Waals surface area contributed by atoms with Gasteiger partial charge in [0.25, 0.3) is 0 Å². The van der Waals surface area contributed by atoms with Crippen LogP contribution >= 0.6 is 0 Å². The molecule has 10 nitrogen and oxygen atoms in total. The molecule has 69 heavy (non-hydrogen) atoms. The van der Waals surface area contributed by atoms with Gasteiger partial charge in [-0.1, -0.05) is 61.9 Å². The maximum absolute atomic E-state index is 15.7. The molecule has 1 saturated carbocycles. The second-order valence-electron chi connectivity index (χ2n) is 18.8. The molecule has 3 aliphatic rings. The quantitative estimate of drug-likeness (QED) is 0.0158. The number of hydrogen-bond donors (Lipinski definition) is 0. The second-order valence-corrected chi connectivity index (χ2v) is 18.8. The summed E-state index contributed by atoms with van der Waals surface area (Å²) >= 11 is 0. The van der Waals surface area contributed by atoms with Gasteiger partial charge in [0, 0.05) is 36.2 Å². The summed E-state index contributed by atoms with van der Waals surface area (Å²) in [4.78, 5) is 26.1. The zero-order valence-corrected chi connectivity index (χ0v) is 40.1. The monoisotopic (exact) mass is 948 g/mol. The van der Waals surface area contributed by atoms with Gasteiger partial charge < -0.3 is 37.9 Å². The lowest BCUT2D eigenvalue weighted by molar-refractivity contribution is -0.150.